The van der Waals surface area contributed by atoms with Crippen molar-refractivity contribution in [1.29, 1.82) is 0 Å². The van der Waals surface area contributed by atoms with E-state index >= 15 is 0 Å². The highest BCUT2D eigenvalue weighted by Gasteiger charge is 2.35. The summed E-state index contributed by atoms with van der Waals surface area (Å²) in [4.78, 5) is 20.2. The number of hydrogen-bond donors (Lipinski definition) is 0. The monoisotopic (exact) mass is 423 g/mol. The third kappa shape index (κ3) is 5.20. The first-order chi connectivity index (χ1) is 15.2. The number of nitrogens with zero attached hydrogens (tertiary/aromatic N) is 3. The van der Waals surface area contributed by atoms with E-state index in [0.717, 1.165) is 68.3 Å². The summed E-state index contributed by atoms with van der Waals surface area (Å²) >= 11 is 0. The zero-order valence-electron chi connectivity index (χ0n) is 18.6. The van der Waals surface area contributed by atoms with E-state index < -0.39 is 6.10 Å². The van der Waals surface area contributed by atoms with E-state index in [1.807, 2.05) is 53.4 Å². The Labute approximate surface area is 185 Å². The van der Waals surface area contributed by atoms with Crippen LogP contribution in [0.1, 0.15) is 30.9 Å². The molecule has 0 N–H and O–H groups in total. The van der Waals surface area contributed by atoms with Crippen molar-refractivity contribution >= 4 is 11.6 Å². The molecule has 31 heavy (non-hydrogen) atoms. The van der Waals surface area contributed by atoms with Crippen LogP contribution in [0.4, 0.5) is 5.69 Å². The number of hydrogen-bond acceptors (Lipinski definition) is 5. The van der Waals surface area contributed by atoms with Gasteiger partial charge >= 0.3 is 0 Å². The molecular weight excluding hydrogens is 390 g/mol. The van der Waals surface area contributed by atoms with Crippen LogP contribution in [0.2, 0.25) is 0 Å². The summed E-state index contributed by atoms with van der Waals surface area (Å²) in [5.41, 5.74) is 1.72. The Morgan fingerprint density at radius 1 is 0.935 bits per heavy atom. The molecule has 1 atom stereocenters. The van der Waals surface area contributed by atoms with E-state index in [4.69, 9.17) is 9.47 Å². The molecule has 1 fully saturated rings. The number of anilines is 1. The SMILES string of the molecule is COc1ccc(C2Oc3ccccc3N(CCCCCN3CCN(C)CC3)C2=O)cc1. The molecule has 6 heteroatoms. The van der Waals surface area contributed by atoms with Gasteiger partial charge in [-0.2, -0.15) is 0 Å². The molecule has 4 rings (SSSR count). The molecule has 2 aliphatic rings. The van der Waals surface area contributed by atoms with Crippen LogP contribution in [-0.4, -0.2) is 69.1 Å². The van der Waals surface area contributed by atoms with Gasteiger partial charge in [0.15, 0.2) is 0 Å². The van der Waals surface area contributed by atoms with E-state index in [9.17, 15) is 4.79 Å². The van der Waals surface area contributed by atoms with E-state index in [2.05, 4.69) is 16.8 Å². The minimum atomic E-state index is -0.619. The molecule has 0 spiro atoms. The van der Waals surface area contributed by atoms with Gasteiger partial charge in [-0.1, -0.05) is 30.7 Å². The summed E-state index contributed by atoms with van der Waals surface area (Å²) in [6.07, 6.45) is 2.66. The zero-order valence-corrected chi connectivity index (χ0v) is 18.6. The van der Waals surface area contributed by atoms with Gasteiger partial charge in [0.25, 0.3) is 5.91 Å². The largest absolute Gasteiger partial charge is 0.497 e. The Hall–Kier alpha value is -2.57. The predicted molar refractivity (Wildman–Crippen MR) is 123 cm³/mol. The van der Waals surface area contributed by atoms with Gasteiger partial charge in [0.05, 0.1) is 12.8 Å². The summed E-state index contributed by atoms with van der Waals surface area (Å²) in [7, 11) is 3.83. The zero-order chi connectivity index (χ0) is 21.6. The normalized spacial score (nSPS) is 19.7. The van der Waals surface area contributed by atoms with Gasteiger partial charge in [-0.25, -0.2) is 0 Å². The molecule has 0 aliphatic carbocycles. The number of methoxy groups -OCH3 is 1. The number of likely N-dealkylation sites (N-methyl/N-ethyl adjacent to an activating group) is 1. The van der Waals surface area contributed by atoms with Crippen LogP contribution < -0.4 is 14.4 Å². The van der Waals surface area contributed by atoms with Crippen LogP contribution in [0, 0.1) is 0 Å². The smallest absolute Gasteiger partial charge is 0.272 e. The fourth-order valence-corrected chi connectivity index (χ4v) is 4.29. The van der Waals surface area contributed by atoms with Crippen LogP contribution in [0.3, 0.4) is 0 Å². The minimum absolute atomic E-state index is 0.00272. The van der Waals surface area contributed by atoms with E-state index in [1.165, 1.54) is 6.42 Å². The maximum absolute atomic E-state index is 13.3. The number of ether oxygens (including phenoxy) is 2. The second-order valence-electron chi connectivity index (χ2n) is 8.43. The van der Waals surface area contributed by atoms with Gasteiger partial charge in [0.1, 0.15) is 11.5 Å². The quantitative estimate of drug-likeness (QED) is 0.608. The maximum atomic E-state index is 13.3. The first kappa shape index (κ1) is 21.7. The Morgan fingerprint density at radius 2 is 1.65 bits per heavy atom. The van der Waals surface area contributed by atoms with E-state index in [0.29, 0.717) is 6.54 Å². The number of carbonyl (C=O) groups is 1. The van der Waals surface area contributed by atoms with Crippen LogP contribution in [0.5, 0.6) is 11.5 Å². The van der Waals surface area contributed by atoms with Crippen molar-refractivity contribution in [2.24, 2.45) is 0 Å². The molecular formula is C25H33N3O3. The molecule has 2 aliphatic heterocycles. The third-order valence-corrected chi connectivity index (χ3v) is 6.26. The Morgan fingerprint density at radius 3 is 2.39 bits per heavy atom. The molecule has 0 radical (unpaired) electrons. The first-order valence-corrected chi connectivity index (χ1v) is 11.3. The van der Waals surface area contributed by atoms with E-state index in [1.54, 1.807) is 7.11 Å². The molecule has 0 saturated carbocycles. The van der Waals surface area contributed by atoms with Crippen molar-refractivity contribution in [3.05, 3.63) is 54.1 Å². The predicted octanol–water partition coefficient (Wildman–Crippen LogP) is 3.58. The summed E-state index contributed by atoms with van der Waals surface area (Å²) in [6.45, 7) is 6.51. The maximum Gasteiger partial charge on any atom is 0.272 e. The molecule has 2 aromatic carbocycles. The second kappa shape index (κ2) is 10.2. The van der Waals surface area contributed by atoms with Crippen LogP contribution in [0.15, 0.2) is 48.5 Å². The topological polar surface area (TPSA) is 45.3 Å². The number of piperazine rings is 1. The second-order valence-corrected chi connectivity index (χ2v) is 8.43. The van der Waals surface area contributed by atoms with Crippen molar-refractivity contribution in [2.45, 2.75) is 25.4 Å². The molecule has 0 aromatic heterocycles. The number of benzene rings is 2. The standard InChI is InChI=1S/C25H33N3O3/c1-26-16-18-27(19-17-26)14-6-3-7-15-28-22-8-4-5-9-23(22)31-24(25(28)29)20-10-12-21(30-2)13-11-20/h4-5,8-13,24H,3,6-7,14-19H2,1-2H3. The lowest BCUT2D eigenvalue weighted by atomic mass is 10.0. The van der Waals surface area contributed by atoms with Gasteiger partial charge in [0.2, 0.25) is 6.10 Å². The Bertz CT molecular complexity index is 863. The molecule has 166 valence electrons. The molecule has 2 aromatic rings. The molecule has 1 amide bonds. The van der Waals surface area contributed by atoms with E-state index in [-0.39, 0.29) is 5.91 Å². The summed E-state index contributed by atoms with van der Waals surface area (Å²) in [5, 5.41) is 0. The lowest BCUT2D eigenvalue weighted by Crippen LogP contribution is -2.44. The Balaban J connectivity index is 1.36. The lowest BCUT2D eigenvalue weighted by Gasteiger charge is -2.35. The van der Waals surface area contributed by atoms with Crippen molar-refractivity contribution in [3.8, 4) is 11.5 Å². The van der Waals surface area contributed by atoms with Crippen molar-refractivity contribution in [1.82, 2.24) is 9.80 Å². The molecule has 2 heterocycles. The molecule has 1 saturated heterocycles. The number of rotatable bonds is 8. The van der Waals surface area contributed by atoms with Gasteiger partial charge in [-0.3, -0.25) is 4.79 Å². The van der Waals surface area contributed by atoms with Gasteiger partial charge in [-0.05, 0) is 50.7 Å². The summed E-state index contributed by atoms with van der Waals surface area (Å²) < 4.78 is 11.4. The van der Waals surface area contributed by atoms with Crippen LogP contribution in [0.25, 0.3) is 0 Å². The lowest BCUT2D eigenvalue weighted by molar-refractivity contribution is -0.126. The summed E-state index contributed by atoms with van der Waals surface area (Å²) in [5.74, 6) is 1.54. The highest BCUT2D eigenvalue weighted by Crippen LogP contribution is 2.39. The van der Waals surface area contributed by atoms with Crippen molar-refractivity contribution in [2.75, 3.05) is 58.3 Å². The average molecular weight is 424 g/mol. The third-order valence-electron chi connectivity index (χ3n) is 6.26. The first-order valence-electron chi connectivity index (χ1n) is 11.3. The average Bonchev–Trinajstić information content (AvgIpc) is 2.81. The molecule has 0 bridgehead atoms. The van der Waals surface area contributed by atoms with Gasteiger partial charge in [-0.15, -0.1) is 0 Å². The van der Waals surface area contributed by atoms with Gasteiger partial charge < -0.3 is 24.2 Å². The summed E-state index contributed by atoms with van der Waals surface area (Å²) in [6, 6.07) is 15.4. The number of amides is 1. The number of unbranched alkanes of at least 4 members (excludes halogenated alkanes) is 2. The van der Waals surface area contributed by atoms with Crippen molar-refractivity contribution in [3.63, 3.8) is 0 Å². The fraction of sp³-hybridized carbons (Fsp3) is 0.480. The molecule has 6 nitrogen and oxygen atoms in total. The number of para-hydroxylation sites is 2. The Kier molecular flexibility index (Phi) is 7.10. The molecule has 1 unspecified atom stereocenters. The van der Waals surface area contributed by atoms with Crippen molar-refractivity contribution < 1.29 is 14.3 Å². The minimum Gasteiger partial charge on any atom is -0.497 e. The van der Waals surface area contributed by atoms with Gasteiger partial charge in [0, 0.05) is 38.3 Å². The van der Waals surface area contributed by atoms with Crippen LogP contribution >= 0.6 is 0 Å². The number of fused-ring (bicyclic) bond motifs is 1. The number of carbonyl (C=O) groups excluding carboxylic acids is 1. The highest BCUT2D eigenvalue weighted by atomic mass is 16.5. The fourth-order valence-electron chi connectivity index (χ4n) is 4.29. The highest BCUT2D eigenvalue weighted by molar-refractivity contribution is 6.00. The van der Waals surface area contributed by atoms with Crippen LogP contribution in [-0.2, 0) is 4.79 Å².